The minimum Gasteiger partial charge on any atom is -0.482 e. The van der Waals surface area contributed by atoms with Gasteiger partial charge in [0.1, 0.15) is 5.75 Å². The van der Waals surface area contributed by atoms with Crippen LogP contribution in [-0.2, 0) is 19.1 Å². The van der Waals surface area contributed by atoms with Gasteiger partial charge in [0.25, 0.3) is 5.91 Å². The monoisotopic (exact) mass is 328 g/mol. The second kappa shape index (κ2) is 8.89. The van der Waals surface area contributed by atoms with Gasteiger partial charge in [-0.05, 0) is 18.2 Å². The summed E-state index contributed by atoms with van der Waals surface area (Å²) < 4.78 is 9.95. The van der Waals surface area contributed by atoms with Crippen LogP contribution in [0.1, 0.15) is 0 Å². The van der Waals surface area contributed by atoms with Crippen LogP contribution in [0.2, 0.25) is 5.02 Å². The lowest BCUT2D eigenvalue weighted by Crippen LogP contribution is -2.39. The molecule has 0 aliphatic rings. The summed E-state index contributed by atoms with van der Waals surface area (Å²) in [4.78, 5) is 35.4. The van der Waals surface area contributed by atoms with E-state index in [4.69, 9.17) is 21.1 Å². The van der Waals surface area contributed by atoms with Crippen molar-refractivity contribution in [3.8, 4) is 5.75 Å². The van der Waals surface area contributed by atoms with Crippen molar-refractivity contribution in [2.24, 2.45) is 0 Å². The van der Waals surface area contributed by atoms with Gasteiger partial charge in [0.05, 0.1) is 6.54 Å². The molecule has 0 aromatic heterocycles. The summed E-state index contributed by atoms with van der Waals surface area (Å²) in [6.45, 7) is -0.899. The Morgan fingerprint density at radius 1 is 1.27 bits per heavy atom. The van der Waals surface area contributed by atoms with E-state index < -0.39 is 18.5 Å². The SMILES string of the molecule is CNC(=O)CN(C)C(=O)COC(=O)COc1cccc(Cl)c1. The van der Waals surface area contributed by atoms with Crippen molar-refractivity contribution in [3.63, 3.8) is 0 Å². The van der Waals surface area contributed by atoms with Gasteiger partial charge in [-0.15, -0.1) is 0 Å². The first-order valence-electron chi connectivity index (χ1n) is 6.41. The van der Waals surface area contributed by atoms with Gasteiger partial charge in [-0.3, -0.25) is 9.59 Å². The molecule has 0 saturated heterocycles. The van der Waals surface area contributed by atoms with Crippen LogP contribution in [0.5, 0.6) is 5.75 Å². The summed E-state index contributed by atoms with van der Waals surface area (Å²) in [5.74, 6) is -1.07. The Labute approximate surface area is 133 Å². The summed E-state index contributed by atoms with van der Waals surface area (Å²) >= 11 is 5.77. The zero-order valence-electron chi connectivity index (χ0n) is 12.3. The molecular weight excluding hydrogens is 312 g/mol. The lowest BCUT2D eigenvalue weighted by Gasteiger charge is -2.15. The molecule has 0 aliphatic heterocycles. The molecule has 0 atom stereocenters. The number of hydrogen-bond donors (Lipinski definition) is 1. The third-order valence-corrected chi connectivity index (χ3v) is 2.83. The molecule has 120 valence electrons. The third kappa shape index (κ3) is 6.45. The fourth-order valence-electron chi connectivity index (χ4n) is 1.38. The van der Waals surface area contributed by atoms with Crippen LogP contribution >= 0.6 is 11.6 Å². The number of carbonyl (C=O) groups is 3. The molecule has 0 bridgehead atoms. The van der Waals surface area contributed by atoms with Crippen LogP contribution < -0.4 is 10.1 Å². The summed E-state index contributed by atoms with van der Waals surface area (Å²) in [5, 5.41) is 2.87. The average molecular weight is 329 g/mol. The Balaban J connectivity index is 2.30. The van der Waals surface area contributed by atoms with E-state index in [1.54, 1.807) is 24.3 Å². The topological polar surface area (TPSA) is 84.9 Å². The minimum atomic E-state index is -0.693. The Kier molecular flexibility index (Phi) is 7.18. The largest absolute Gasteiger partial charge is 0.482 e. The number of benzene rings is 1. The summed E-state index contributed by atoms with van der Waals surface area (Å²) in [7, 11) is 2.90. The van der Waals surface area contributed by atoms with Crippen LogP contribution in [0.15, 0.2) is 24.3 Å². The van der Waals surface area contributed by atoms with Crippen LogP contribution in [-0.4, -0.2) is 56.5 Å². The molecule has 22 heavy (non-hydrogen) atoms. The maximum Gasteiger partial charge on any atom is 0.344 e. The molecule has 0 aliphatic carbocycles. The number of likely N-dealkylation sites (N-methyl/N-ethyl adjacent to an activating group) is 2. The van der Waals surface area contributed by atoms with Gasteiger partial charge in [-0.1, -0.05) is 17.7 Å². The standard InChI is InChI=1S/C14H17ClN2O5/c1-16-12(18)7-17(2)13(19)8-22-14(20)9-21-11-5-3-4-10(15)6-11/h3-6H,7-9H2,1-2H3,(H,16,18). The second-order valence-electron chi connectivity index (χ2n) is 4.33. The predicted octanol–water partition coefficient (Wildman–Crippen LogP) is 0.466. The number of halogens is 1. The number of nitrogens with zero attached hydrogens (tertiary/aromatic N) is 1. The molecule has 1 rings (SSSR count). The first-order chi connectivity index (χ1) is 10.4. The van der Waals surface area contributed by atoms with Crippen molar-refractivity contribution >= 4 is 29.4 Å². The molecule has 2 amide bonds. The van der Waals surface area contributed by atoms with Crippen molar-refractivity contribution in [1.82, 2.24) is 10.2 Å². The van der Waals surface area contributed by atoms with Gasteiger partial charge < -0.3 is 19.7 Å². The molecule has 0 saturated carbocycles. The smallest absolute Gasteiger partial charge is 0.344 e. The zero-order valence-corrected chi connectivity index (χ0v) is 13.1. The average Bonchev–Trinajstić information content (AvgIpc) is 2.50. The van der Waals surface area contributed by atoms with E-state index >= 15 is 0 Å². The lowest BCUT2D eigenvalue weighted by molar-refractivity contribution is -0.153. The number of carbonyl (C=O) groups excluding carboxylic acids is 3. The lowest BCUT2D eigenvalue weighted by atomic mass is 10.3. The molecule has 1 aromatic rings. The quantitative estimate of drug-likeness (QED) is 0.735. The fourth-order valence-corrected chi connectivity index (χ4v) is 1.56. The van der Waals surface area contributed by atoms with Crippen LogP contribution in [0.25, 0.3) is 0 Å². The molecule has 1 aromatic carbocycles. The summed E-state index contributed by atoms with van der Waals surface area (Å²) in [5.41, 5.74) is 0. The Morgan fingerprint density at radius 2 is 2.00 bits per heavy atom. The molecular formula is C14H17ClN2O5. The maximum atomic E-state index is 11.6. The first kappa shape index (κ1) is 17.8. The van der Waals surface area contributed by atoms with Gasteiger partial charge >= 0.3 is 5.97 Å². The number of ether oxygens (including phenoxy) is 2. The maximum absolute atomic E-state index is 11.6. The fraction of sp³-hybridized carbons (Fsp3) is 0.357. The number of esters is 1. The van der Waals surface area contributed by atoms with E-state index in [0.29, 0.717) is 10.8 Å². The predicted molar refractivity (Wildman–Crippen MR) is 79.6 cm³/mol. The Morgan fingerprint density at radius 3 is 2.64 bits per heavy atom. The Bertz CT molecular complexity index is 550. The molecule has 8 heteroatoms. The van der Waals surface area contributed by atoms with E-state index in [1.165, 1.54) is 14.1 Å². The van der Waals surface area contributed by atoms with Gasteiger partial charge in [0, 0.05) is 19.1 Å². The number of amides is 2. The molecule has 0 heterocycles. The van der Waals surface area contributed by atoms with Crippen molar-refractivity contribution in [1.29, 1.82) is 0 Å². The normalized spacial score (nSPS) is 9.77. The molecule has 0 spiro atoms. The highest BCUT2D eigenvalue weighted by Crippen LogP contribution is 2.16. The van der Waals surface area contributed by atoms with E-state index in [0.717, 1.165) is 4.90 Å². The van der Waals surface area contributed by atoms with Crippen molar-refractivity contribution in [3.05, 3.63) is 29.3 Å². The number of rotatable bonds is 7. The van der Waals surface area contributed by atoms with Gasteiger partial charge in [-0.25, -0.2) is 4.79 Å². The van der Waals surface area contributed by atoms with Crippen molar-refractivity contribution in [2.45, 2.75) is 0 Å². The highest BCUT2D eigenvalue weighted by atomic mass is 35.5. The zero-order chi connectivity index (χ0) is 16.5. The van der Waals surface area contributed by atoms with Gasteiger partial charge in [0.15, 0.2) is 13.2 Å². The summed E-state index contributed by atoms with van der Waals surface area (Å²) in [6.07, 6.45) is 0. The van der Waals surface area contributed by atoms with Crippen molar-refractivity contribution in [2.75, 3.05) is 33.9 Å². The number of nitrogens with one attached hydrogen (secondary N) is 1. The summed E-state index contributed by atoms with van der Waals surface area (Å²) in [6, 6.07) is 6.55. The Hall–Kier alpha value is -2.28. The second-order valence-corrected chi connectivity index (χ2v) is 4.77. The first-order valence-corrected chi connectivity index (χ1v) is 6.78. The van der Waals surface area contributed by atoms with Gasteiger partial charge in [0.2, 0.25) is 5.91 Å². The third-order valence-electron chi connectivity index (χ3n) is 2.59. The number of hydrogen-bond acceptors (Lipinski definition) is 5. The van der Waals surface area contributed by atoms with Crippen LogP contribution in [0, 0.1) is 0 Å². The molecule has 1 N–H and O–H groups in total. The highest BCUT2D eigenvalue weighted by molar-refractivity contribution is 6.30. The van der Waals surface area contributed by atoms with Gasteiger partial charge in [-0.2, -0.15) is 0 Å². The molecule has 0 unspecified atom stereocenters. The van der Waals surface area contributed by atoms with E-state index in [1.807, 2.05) is 0 Å². The molecule has 0 radical (unpaired) electrons. The van der Waals surface area contributed by atoms with E-state index in [9.17, 15) is 14.4 Å². The van der Waals surface area contributed by atoms with Crippen molar-refractivity contribution < 1.29 is 23.9 Å². The van der Waals surface area contributed by atoms with Crippen LogP contribution in [0.3, 0.4) is 0 Å². The van der Waals surface area contributed by atoms with E-state index in [-0.39, 0.29) is 19.1 Å². The van der Waals surface area contributed by atoms with E-state index in [2.05, 4.69) is 5.32 Å². The highest BCUT2D eigenvalue weighted by Gasteiger charge is 2.14. The minimum absolute atomic E-state index is 0.105. The molecule has 7 nitrogen and oxygen atoms in total. The molecule has 0 fully saturated rings. The van der Waals surface area contributed by atoms with Crippen LogP contribution in [0.4, 0.5) is 0 Å².